The molecule has 2 unspecified atom stereocenters. The molecular formula is C12H18ClN3O2. The van der Waals surface area contributed by atoms with Crippen LogP contribution < -0.4 is 5.32 Å². The third-order valence-electron chi connectivity index (χ3n) is 3.00. The summed E-state index contributed by atoms with van der Waals surface area (Å²) in [5, 5.41) is 12.7. The summed E-state index contributed by atoms with van der Waals surface area (Å²) < 4.78 is 5.55. The third-order valence-corrected chi connectivity index (χ3v) is 3.19. The smallest absolute Gasteiger partial charge is 0.161 e. The van der Waals surface area contributed by atoms with Crippen molar-refractivity contribution in [2.45, 2.75) is 38.3 Å². The predicted molar refractivity (Wildman–Crippen MR) is 69.8 cm³/mol. The van der Waals surface area contributed by atoms with Crippen molar-refractivity contribution in [2.24, 2.45) is 0 Å². The van der Waals surface area contributed by atoms with Crippen molar-refractivity contribution in [2.75, 3.05) is 18.5 Å². The molecule has 0 radical (unpaired) electrons. The van der Waals surface area contributed by atoms with Crippen molar-refractivity contribution in [3.8, 4) is 0 Å². The highest BCUT2D eigenvalue weighted by Gasteiger charge is 2.21. The van der Waals surface area contributed by atoms with E-state index in [1.165, 1.54) is 0 Å². The fourth-order valence-corrected chi connectivity index (χ4v) is 2.11. The van der Waals surface area contributed by atoms with Gasteiger partial charge >= 0.3 is 0 Å². The Morgan fingerprint density at radius 3 is 3.06 bits per heavy atom. The maximum Gasteiger partial charge on any atom is 0.161 e. The third kappa shape index (κ3) is 3.31. The number of anilines is 1. The molecule has 1 aliphatic heterocycles. The van der Waals surface area contributed by atoms with Crippen LogP contribution in [0.2, 0.25) is 5.15 Å². The van der Waals surface area contributed by atoms with Crippen molar-refractivity contribution in [3.63, 3.8) is 0 Å². The summed E-state index contributed by atoms with van der Waals surface area (Å²) in [6.07, 6.45) is 2.71. The SMILES string of the molecule is CCC(CO)Nc1cc(Cl)nc(C2CCCO2)n1. The molecule has 1 aromatic heterocycles. The molecule has 6 heteroatoms. The molecule has 1 aliphatic rings. The first-order valence-electron chi connectivity index (χ1n) is 6.26. The van der Waals surface area contributed by atoms with Crippen molar-refractivity contribution in [1.82, 2.24) is 9.97 Å². The summed E-state index contributed by atoms with van der Waals surface area (Å²) in [7, 11) is 0. The first-order valence-corrected chi connectivity index (χ1v) is 6.64. The second kappa shape index (κ2) is 6.31. The minimum atomic E-state index is -0.0570. The van der Waals surface area contributed by atoms with E-state index in [1.807, 2.05) is 6.92 Å². The van der Waals surface area contributed by atoms with Crippen molar-refractivity contribution >= 4 is 17.4 Å². The fraction of sp³-hybridized carbons (Fsp3) is 0.667. The topological polar surface area (TPSA) is 67.3 Å². The van der Waals surface area contributed by atoms with Crippen LogP contribution in [0.4, 0.5) is 5.82 Å². The quantitative estimate of drug-likeness (QED) is 0.804. The Balaban J connectivity index is 2.15. The molecule has 5 nitrogen and oxygen atoms in total. The van der Waals surface area contributed by atoms with Gasteiger partial charge in [-0.1, -0.05) is 18.5 Å². The first kappa shape index (κ1) is 13.5. The van der Waals surface area contributed by atoms with E-state index in [-0.39, 0.29) is 18.8 Å². The second-order valence-electron chi connectivity index (χ2n) is 4.37. The van der Waals surface area contributed by atoms with Crippen molar-refractivity contribution < 1.29 is 9.84 Å². The molecule has 0 spiro atoms. The fourth-order valence-electron chi connectivity index (χ4n) is 1.92. The van der Waals surface area contributed by atoms with Gasteiger partial charge in [-0.15, -0.1) is 0 Å². The van der Waals surface area contributed by atoms with Crippen LogP contribution in [0.25, 0.3) is 0 Å². The number of ether oxygens (including phenoxy) is 1. The summed E-state index contributed by atoms with van der Waals surface area (Å²) >= 11 is 5.99. The standard InChI is InChI=1S/C12H18ClN3O2/c1-2-8(7-17)14-11-6-10(13)15-12(16-11)9-4-3-5-18-9/h6,8-9,17H,2-5,7H2,1H3,(H,14,15,16). The summed E-state index contributed by atoms with van der Waals surface area (Å²) in [4.78, 5) is 8.61. The van der Waals surface area contributed by atoms with E-state index in [4.69, 9.17) is 16.3 Å². The number of nitrogens with one attached hydrogen (secondary N) is 1. The molecule has 0 aromatic carbocycles. The molecule has 2 rings (SSSR count). The normalized spacial score (nSPS) is 20.9. The minimum absolute atomic E-state index is 0.0201. The summed E-state index contributed by atoms with van der Waals surface area (Å²) in [5.74, 6) is 1.26. The van der Waals surface area contributed by atoms with Gasteiger partial charge in [0, 0.05) is 12.7 Å². The highest BCUT2D eigenvalue weighted by atomic mass is 35.5. The van der Waals surface area contributed by atoms with Gasteiger partial charge in [0.1, 0.15) is 17.1 Å². The molecule has 0 bridgehead atoms. The van der Waals surface area contributed by atoms with E-state index in [2.05, 4.69) is 15.3 Å². The highest BCUT2D eigenvalue weighted by molar-refractivity contribution is 6.29. The van der Waals surface area contributed by atoms with E-state index in [0.29, 0.717) is 16.8 Å². The zero-order chi connectivity index (χ0) is 13.0. The largest absolute Gasteiger partial charge is 0.394 e. The van der Waals surface area contributed by atoms with Gasteiger partial charge in [-0.3, -0.25) is 0 Å². The van der Waals surface area contributed by atoms with Crippen LogP contribution >= 0.6 is 11.6 Å². The van der Waals surface area contributed by atoms with Crippen LogP contribution in [0.15, 0.2) is 6.07 Å². The van der Waals surface area contributed by atoms with Crippen LogP contribution in [-0.2, 0) is 4.74 Å². The van der Waals surface area contributed by atoms with E-state index >= 15 is 0 Å². The van der Waals surface area contributed by atoms with Crippen LogP contribution in [0, 0.1) is 0 Å². The second-order valence-corrected chi connectivity index (χ2v) is 4.76. The lowest BCUT2D eigenvalue weighted by atomic mass is 10.2. The van der Waals surface area contributed by atoms with Gasteiger partial charge in [0.25, 0.3) is 0 Å². The van der Waals surface area contributed by atoms with Crippen LogP contribution in [0.1, 0.15) is 38.1 Å². The number of hydrogen-bond acceptors (Lipinski definition) is 5. The molecule has 0 amide bonds. The monoisotopic (exact) mass is 271 g/mol. The Morgan fingerprint density at radius 2 is 2.44 bits per heavy atom. The molecule has 2 atom stereocenters. The van der Waals surface area contributed by atoms with Crippen molar-refractivity contribution in [1.29, 1.82) is 0 Å². The lowest BCUT2D eigenvalue weighted by molar-refractivity contribution is 0.105. The number of halogens is 1. The summed E-state index contributed by atoms with van der Waals surface area (Å²) in [5.41, 5.74) is 0. The van der Waals surface area contributed by atoms with E-state index < -0.39 is 0 Å². The average Bonchev–Trinajstić information content (AvgIpc) is 2.89. The first-order chi connectivity index (χ1) is 8.72. The number of aliphatic hydroxyl groups is 1. The Kier molecular flexibility index (Phi) is 4.74. The average molecular weight is 272 g/mol. The van der Waals surface area contributed by atoms with Gasteiger partial charge in [-0.25, -0.2) is 9.97 Å². The molecule has 2 N–H and O–H groups in total. The Labute approximate surface area is 112 Å². The number of nitrogens with zero attached hydrogens (tertiary/aromatic N) is 2. The molecule has 1 saturated heterocycles. The van der Waals surface area contributed by atoms with Crippen molar-refractivity contribution in [3.05, 3.63) is 17.0 Å². The zero-order valence-electron chi connectivity index (χ0n) is 10.4. The molecule has 2 heterocycles. The summed E-state index contributed by atoms with van der Waals surface area (Å²) in [6.45, 7) is 2.81. The van der Waals surface area contributed by atoms with E-state index in [1.54, 1.807) is 6.07 Å². The van der Waals surface area contributed by atoms with Gasteiger partial charge in [0.2, 0.25) is 0 Å². The lowest BCUT2D eigenvalue weighted by Crippen LogP contribution is -2.23. The maximum absolute atomic E-state index is 9.17. The van der Waals surface area contributed by atoms with Gasteiger partial charge in [-0.05, 0) is 19.3 Å². The van der Waals surface area contributed by atoms with Crippen LogP contribution in [0.5, 0.6) is 0 Å². The molecule has 0 aliphatic carbocycles. The molecule has 100 valence electrons. The maximum atomic E-state index is 9.17. The van der Waals surface area contributed by atoms with Crippen LogP contribution in [0.3, 0.4) is 0 Å². The number of aromatic nitrogens is 2. The van der Waals surface area contributed by atoms with E-state index in [0.717, 1.165) is 25.9 Å². The number of hydrogen-bond donors (Lipinski definition) is 2. The lowest BCUT2D eigenvalue weighted by Gasteiger charge is -2.16. The Morgan fingerprint density at radius 1 is 1.61 bits per heavy atom. The van der Waals surface area contributed by atoms with Gasteiger partial charge in [-0.2, -0.15) is 0 Å². The Bertz CT molecular complexity index is 393. The molecule has 18 heavy (non-hydrogen) atoms. The van der Waals surface area contributed by atoms with Gasteiger partial charge in [0.05, 0.1) is 12.6 Å². The molecule has 1 fully saturated rings. The number of rotatable bonds is 5. The van der Waals surface area contributed by atoms with Gasteiger partial charge < -0.3 is 15.2 Å². The Hall–Kier alpha value is -0.910. The van der Waals surface area contributed by atoms with E-state index in [9.17, 15) is 5.11 Å². The van der Waals surface area contributed by atoms with Crippen LogP contribution in [-0.4, -0.2) is 34.3 Å². The highest BCUT2D eigenvalue weighted by Crippen LogP contribution is 2.27. The molecular weight excluding hydrogens is 254 g/mol. The molecule has 0 saturated carbocycles. The number of aliphatic hydroxyl groups excluding tert-OH is 1. The predicted octanol–water partition coefficient (Wildman–Crippen LogP) is 2.16. The summed E-state index contributed by atoms with van der Waals surface area (Å²) in [6, 6.07) is 1.64. The molecule has 1 aromatic rings. The zero-order valence-corrected chi connectivity index (χ0v) is 11.2. The van der Waals surface area contributed by atoms with Gasteiger partial charge in [0.15, 0.2) is 5.82 Å². The minimum Gasteiger partial charge on any atom is -0.394 e.